The maximum absolute atomic E-state index is 13.3. The van der Waals surface area contributed by atoms with Crippen LogP contribution < -0.4 is 10.6 Å². The van der Waals surface area contributed by atoms with Crippen LogP contribution in [-0.2, 0) is 9.59 Å². The Kier molecular flexibility index (Phi) is 4.45. The van der Waals surface area contributed by atoms with E-state index in [1.807, 2.05) is 0 Å². The van der Waals surface area contributed by atoms with Crippen molar-refractivity contribution in [3.8, 4) is 0 Å². The highest BCUT2D eigenvalue weighted by Gasteiger charge is 2.41. The third kappa shape index (κ3) is 3.32. The molecule has 2 rings (SSSR count). The van der Waals surface area contributed by atoms with Gasteiger partial charge >= 0.3 is 0 Å². The SMILES string of the molecule is CNC(=O)C1(Nc2cccc(F)c2)CCN(C(C)=O)CC1. The molecule has 0 spiro atoms. The Morgan fingerprint density at radius 1 is 1.29 bits per heavy atom. The Balaban J connectivity index is 2.19. The number of carbonyl (C=O) groups is 2. The van der Waals surface area contributed by atoms with E-state index >= 15 is 0 Å². The van der Waals surface area contributed by atoms with Gasteiger partial charge in [-0.25, -0.2) is 4.39 Å². The second kappa shape index (κ2) is 6.11. The third-order valence-electron chi connectivity index (χ3n) is 3.93. The standard InChI is InChI=1S/C15H20FN3O2/c1-11(20)19-8-6-15(7-9-19,14(21)17-2)18-13-5-3-4-12(16)10-13/h3-5,10,18H,6-9H2,1-2H3,(H,17,21). The molecule has 5 nitrogen and oxygen atoms in total. The highest BCUT2D eigenvalue weighted by Crippen LogP contribution is 2.28. The van der Waals surface area contributed by atoms with Gasteiger partial charge in [-0.05, 0) is 31.0 Å². The van der Waals surface area contributed by atoms with Gasteiger partial charge in [0.1, 0.15) is 11.4 Å². The zero-order chi connectivity index (χ0) is 15.5. The topological polar surface area (TPSA) is 61.4 Å². The van der Waals surface area contributed by atoms with Crippen molar-refractivity contribution in [3.63, 3.8) is 0 Å². The molecule has 0 unspecified atom stereocenters. The van der Waals surface area contributed by atoms with Gasteiger partial charge in [0.05, 0.1) is 0 Å². The molecular weight excluding hydrogens is 273 g/mol. The van der Waals surface area contributed by atoms with E-state index in [9.17, 15) is 14.0 Å². The summed E-state index contributed by atoms with van der Waals surface area (Å²) in [5, 5.41) is 5.81. The largest absolute Gasteiger partial charge is 0.371 e. The number of anilines is 1. The predicted molar refractivity (Wildman–Crippen MR) is 78.3 cm³/mol. The third-order valence-corrected chi connectivity index (χ3v) is 3.93. The summed E-state index contributed by atoms with van der Waals surface area (Å²) in [6, 6.07) is 6.04. The first-order valence-electron chi connectivity index (χ1n) is 6.98. The molecule has 2 amide bonds. The lowest BCUT2D eigenvalue weighted by Crippen LogP contribution is -2.58. The van der Waals surface area contributed by atoms with Crippen LogP contribution in [0, 0.1) is 5.82 Å². The van der Waals surface area contributed by atoms with Crippen LogP contribution in [0.4, 0.5) is 10.1 Å². The smallest absolute Gasteiger partial charge is 0.245 e. The summed E-state index contributed by atoms with van der Waals surface area (Å²) in [5.41, 5.74) is -0.246. The molecule has 1 saturated heterocycles. The van der Waals surface area contributed by atoms with Crippen LogP contribution in [-0.4, -0.2) is 42.4 Å². The first-order valence-corrected chi connectivity index (χ1v) is 6.98. The Labute approximate surface area is 123 Å². The van der Waals surface area contributed by atoms with Crippen molar-refractivity contribution in [2.75, 3.05) is 25.5 Å². The zero-order valence-corrected chi connectivity index (χ0v) is 12.3. The second-order valence-electron chi connectivity index (χ2n) is 5.30. The van der Waals surface area contributed by atoms with Gasteiger partial charge in [0.25, 0.3) is 0 Å². The minimum absolute atomic E-state index is 0.00580. The van der Waals surface area contributed by atoms with E-state index in [1.165, 1.54) is 19.1 Å². The van der Waals surface area contributed by atoms with E-state index in [-0.39, 0.29) is 17.6 Å². The van der Waals surface area contributed by atoms with Crippen molar-refractivity contribution in [3.05, 3.63) is 30.1 Å². The predicted octanol–water partition coefficient (Wildman–Crippen LogP) is 1.36. The Morgan fingerprint density at radius 3 is 2.48 bits per heavy atom. The number of carbonyl (C=O) groups excluding carboxylic acids is 2. The molecule has 1 aromatic rings. The summed E-state index contributed by atoms with van der Waals surface area (Å²) < 4.78 is 13.3. The number of nitrogens with one attached hydrogen (secondary N) is 2. The average Bonchev–Trinajstić information content (AvgIpc) is 2.46. The monoisotopic (exact) mass is 293 g/mol. The fraction of sp³-hybridized carbons (Fsp3) is 0.467. The molecule has 1 aliphatic rings. The van der Waals surface area contributed by atoms with Crippen LogP contribution in [0.2, 0.25) is 0 Å². The lowest BCUT2D eigenvalue weighted by atomic mass is 9.86. The molecular formula is C15H20FN3O2. The number of likely N-dealkylation sites (tertiary alicyclic amines) is 1. The van der Waals surface area contributed by atoms with Crippen LogP contribution in [0.25, 0.3) is 0 Å². The molecule has 0 bridgehead atoms. The minimum atomic E-state index is -0.811. The summed E-state index contributed by atoms with van der Waals surface area (Å²) in [6.45, 7) is 2.53. The van der Waals surface area contributed by atoms with Gasteiger partial charge in [-0.2, -0.15) is 0 Å². The number of hydrogen-bond acceptors (Lipinski definition) is 3. The number of likely N-dealkylation sites (N-methyl/N-ethyl adjacent to an activating group) is 1. The zero-order valence-electron chi connectivity index (χ0n) is 12.3. The van der Waals surface area contributed by atoms with Crippen molar-refractivity contribution < 1.29 is 14.0 Å². The molecule has 21 heavy (non-hydrogen) atoms. The Morgan fingerprint density at radius 2 is 1.95 bits per heavy atom. The number of rotatable bonds is 3. The van der Waals surface area contributed by atoms with E-state index in [0.29, 0.717) is 31.6 Å². The number of amides is 2. The molecule has 114 valence electrons. The molecule has 6 heteroatoms. The van der Waals surface area contributed by atoms with E-state index in [1.54, 1.807) is 24.1 Å². The molecule has 1 aliphatic heterocycles. The molecule has 0 atom stereocenters. The number of piperidine rings is 1. The lowest BCUT2D eigenvalue weighted by molar-refractivity contribution is -0.134. The Bertz CT molecular complexity index is 539. The molecule has 2 N–H and O–H groups in total. The molecule has 1 heterocycles. The fourth-order valence-electron chi connectivity index (χ4n) is 2.69. The fourth-order valence-corrected chi connectivity index (χ4v) is 2.69. The molecule has 0 aliphatic carbocycles. The van der Waals surface area contributed by atoms with Crippen molar-refractivity contribution in [2.45, 2.75) is 25.3 Å². The normalized spacial score (nSPS) is 17.2. The van der Waals surface area contributed by atoms with E-state index in [4.69, 9.17) is 0 Å². The summed E-state index contributed by atoms with van der Waals surface area (Å²) in [4.78, 5) is 25.4. The first kappa shape index (κ1) is 15.3. The molecule has 0 radical (unpaired) electrons. The van der Waals surface area contributed by atoms with E-state index in [0.717, 1.165) is 0 Å². The summed E-state index contributed by atoms with van der Waals surface area (Å²) in [5.74, 6) is -0.491. The number of nitrogens with zero attached hydrogens (tertiary/aromatic N) is 1. The van der Waals surface area contributed by atoms with Gasteiger partial charge in [-0.3, -0.25) is 9.59 Å². The van der Waals surface area contributed by atoms with Gasteiger partial charge in [0, 0.05) is 32.7 Å². The second-order valence-corrected chi connectivity index (χ2v) is 5.30. The van der Waals surface area contributed by atoms with Crippen molar-refractivity contribution in [1.29, 1.82) is 0 Å². The Hall–Kier alpha value is -2.11. The number of halogens is 1. The van der Waals surface area contributed by atoms with Crippen LogP contribution in [0.3, 0.4) is 0 Å². The van der Waals surface area contributed by atoms with Crippen LogP contribution in [0.15, 0.2) is 24.3 Å². The van der Waals surface area contributed by atoms with Crippen LogP contribution in [0.5, 0.6) is 0 Å². The highest BCUT2D eigenvalue weighted by molar-refractivity contribution is 5.89. The molecule has 1 fully saturated rings. The summed E-state index contributed by atoms with van der Waals surface area (Å²) in [7, 11) is 1.58. The minimum Gasteiger partial charge on any atom is -0.371 e. The molecule has 0 saturated carbocycles. The van der Waals surface area contributed by atoms with Gasteiger partial charge in [0.2, 0.25) is 11.8 Å². The maximum atomic E-state index is 13.3. The number of hydrogen-bond donors (Lipinski definition) is 2. The quantitative estimate of drug-likeness (QED) is 0.884. The number of benzene rings is 1. The van der Waals surface area contributed by atoms with Crippen molar-refractivity contribution in [1.82, 2.24) is 10.2 Å². The van der Waals surface area contributed by atoms with E-state index in [2.05, 4.69) is 10.6 Å². The van der Waals surface area contributed by atoms with Gasteiger partial charge in [0.15, 0.2) is 0 Å². The summed E-state index contributed by atoms with van der Waals surface area (Å²) in [6.07, 6.45) is 0.978. The summed E-state index contributed by atoms with van der Waals surface area (Å²) >= 11 is 0. The molecule has 1 aromatic carbocycles. The van der Waals surface area contributed by atoms with Crippen molar-refractivity contribution in [2.24, 2.45) is 0 Å². The maximum Gasteiger partial charge on any atom is 0.245 e. The van der Waals surface area contributed by atoms with Crippen LogP contribution in [0.1, 0.15) is 19.8 Å². The van der Waals surface area contributed by atoms with Gasteiger partial charge < -0.3 is 15.5 Å². The van der Waals surface area contributed by atoms with E-state index < -0.39 is 5.54 Å². The average molecular weight is 293 g/mol. The molecule has 0 aromatic heterocycles. The van der Waals surface area contributed by atoms with Gasteiger partial charge in [-0.15, -0.1) is 0 Å². The lowest BCUT2D eigenvalue weighted by Gasteiger charge is -2.41. The van der Waals surface area contributed by atoms with Crippen LogP contribution >= 0.6 is 0 Å². The first-order chi connectivity index (χ1) is 9.97. The van der Waals surface area contributed by atoms with Crippen molar-refractivity contribution >= 4 is 17.5 Å². The highest BCUT2D eigenvalue weighted by atomic mass is 19.1. The van der Waals surface area contributed by atoms with Gasteiger partial charge in [-0.1, -0.05) is 6.07 Å².